The average molecular weight is 341 g/mol. The lowest BCUT2D eigenvalue weighted by atomic mass is 10.0. The first kappa shape index (κ1) is 19.1. The minimum atomic E-state index is -0.518. The number of hydrogen-bond donors (Lipinski definition) is 1. The summed E-state index contributed by atoms with van der Waals surface area (Å²) in [6.45, 7) is 0. The maximum absolute atomic E-state index is 11.3. The number of benzene rings is 1. The van der Waals surface area contributed by atoms with E-state index in [2.05, 4.69) is 4.74 Å². The summed E-state index contributed by atoms with van der Waals surface area (Å²) in [7, 11) is 6.29. The standard InChI is InChI=1S/C10H11ClO5P2.CH4O/c1-14-9(13)2-5-6(4-12)7(15-17)3-8(16-18)10(5)11;1-2/h3-4H,2,17-18H2,1H3;2H,1H3. The van der Waals surface area contributed by atoms with Gasteiger partial charge in [-0.2, -0.15) is 0 Å². The molecule has 6 nitrogen and oxygen atoms in total. The Hall–Kier alpha value is -0.930. The van der Waals surface area contributed by atoms with Gasteiger partial charge in [0.05, 0.1) is 43.1 Å². The minimum absolute atomic E-state index is 0.147. The summed E-state index contributed by atoms with van der Waals surface area (Å²) in [4.78, 5) is 22.4. The molecular weight excluding hydrogens is 326 g/mol. The van der Waals surface area contributed by atoms with Crippen molar-refractivity contribution in [3.05, 3.63) is 22.2 Å². The van der Waals surface area contributed by atoms with Crippen molar-refractivity contribution in [1.82, 2.24) is 0 Å². The second-order valence-corrected chi connectivity index (χ2v) is 4.03. The first-order chi connectivity index (χ1) is 9.58. The lowest BCUT2D eigenvalue weighted by Gasteiger charge is -2.13. The molecule has 0 aromatic heterocycles. The number of ether oxygens (including phenoxy) is 1. The first-order valence-corrected chi connectivity index (χ1v) is 6.46. The van der Waals surface area contributed by atoms with Gasteiger partial charge in [0.15, 0.2) is 6.29 Å². The van der Waals surface area contributed by atoms with Crippen LogP contribution in [-0.2, 0) is 16.0 Å². The molecule has 1 rings (SSSR count). The fourth-order valence-corrected chi connectivity index (χ4v) is 2.10. The van der Waals surface area contributed by atoms with Gasteiger partial charge in [0.25, 0.3) is 0 Å². The first-order valence-electron chi connectivity index (χ1n) is 5.14. The van der Waals surface area contributed by atoms with E-state index < -0.39 is 5.97 Å². The number of halogens is 1. The van der Waals surface area contributed by atoms with Crippen LogP contribution in [0.2, 0.25) is 5.02 Å². The highest BCUT2D eigenvalue weighted by atomic mass is 35.5. The normalized spacial score (nSPS) is 9.10. The molecule has 1 aromatic rings. The zero-order chi connectivity index (χ0) is 15.7. The molecule has 20 heavy (non-hydrogen) atoms. The molecule has 0 bridgehead atoms. The van der Waals surface area contributed by atoms with E-state index in [4.69, 9.17) is 25.8 Å². The number of esters is 1. The summed E-state index contributed by atoms with van der Waals surface area (Å²) < 4.78 is 14.5. The van der Waals surface area contributed by atoms with Crippen LogP contribution in [0.3, 0.4) is 0 Å². The van der Waals surface area contributed by atoms with E-state index in [1.54, 1.807) is 0 Å². The third kappa shape index (κ3) is 4.57. The molecule has 0 radical (unpaired) electrons. The predicted octanol–water partition coefficient (Wildman–Crippen LogP) is 1.81. The van der Waals surface area contributed by atoms with E-state index in [0.717, 1.165) is 7.11 Å². The molecule has 0 spiro atoms. The molecule has 2 unspecified atom stereocenters. The third-order valence-electron chi connectivity index (χ3n) is 2.25. The van der Waals surface area contributed by atoms with Gasteiger partial charge in [0, 0.05) is 13.2 Å². The lowest BCUT2D eigenvalue weighted by Crippen LogP contribution is -2.08. The second kappa shape index (κ2) is 9.89. The Labute approximate surface area is 126 Å². The molecule has 0 saturated carbocycles. The summed E-state index contributed by atoms with van der Waals surface area (Å²) in [5.41, 5.74) is 0.488. The van der Waals surface area contributed by atoms with Crippen molar-refractivity contribution in [2.45, 2.75) is 6.42 Å². The Morgan fingerprint density at radius 1 is 1.35 bits per heavy atom. The van der Waals surface area contributed by atoms with Gasteiger partial charge in [0.2, 0.25) is 0 Å². The van der Waals surface area contributed by atoms with Crippen LogP contribution in [0.5, 0.6) is 11.5 Å². The summed E-state index contributed by atoms with van der Waals surface area (Å²) >= 11 is 6.06. The van der Waals surface area contributed by atoms with Crippen LogP contribution in [-0.4, -0.2) is 31.6 Å². The molecule has 0 aliphatic carbocycles. The second-order valence-electron chi connectivity index (χ2n) is 3.19. The van der Waals surface area contributed by atoms with Crippen LogP contribution in [0.4, 0.5) is 0 Å². The molecule has 1 N–H and O–H groups in total. The molecule has 0 fully saturated rings. The summed E-state index contributed by atoms with van der Waals surface area (Å²) in [6, 6.07) is 1.45. The SMILES string of the molecule is CO.COC(=O)Cc1c(Cl)c(OP)cc(OP)c1C=O. The van der Waals surface area contributed by atoms with Crippen LogP contribution < -0.4 is 9.05 Å². The Balaban J connectivity index is 0.00000172. The van der Waals surface area contributed by atoms with Crippen LogP contribution in [0.25, 0.3) is 0 Å². The number of carbonyl (C=O) groups excluding carboxylic acids is 2. The fourth-order valence-electron chi connectivity index (χ4n) is 1.38. The molecule has 2 atom stereocenters. The monoisotopic (exact) mass is 340 g/mol. The van der Waals surface area contributed by atoms with E-state index in [1.165, 1.54) is 13.2 Å². The van der Waals surface area contributed by atoms with Gasteiger partial charge in [-0.05, 0) is 5.56 Å². The number of hydrogen-bond acceptors (Lipinski definition) is 6. The van der Waals surface area contributed by atoms with Crippen LogP contribution >= 0.6 is 30.5 Å². The zero-order valence-electron chi connectivity index (χ0n) is 10.9. The van der Waals surface area contributed by atoms with Crippen molar-refractivity contribution in [3.8, 4) is 11.5 Å². The molecule has 0 heterocycles. The fraction of sp³-hybridized carbons (Fsp3) is 0.273. The van der Waals surface area contributed by atoms with Gasteiger partial charge in [-0.15, -0.1) is 0 Å². The predicted molar refractivity (Wildman–Crippen MR) is 81.4 cm³/mol. The largest absolute Gasteiger partial charge is 0.479 e. The van der Waals surface area contributed by atoms with Gasteiger partial charge in [0.1, 0.15) is 11.5 Å². The Bertz CT molecular complexity index is 480. The molecule has 0 amide bonds. The molecule has 0 aliphatic heterocycles. The highest BCUT2D eigenvalue weighted by Gasteiger charge is 2.20. The lowest BCUT2D eigenvalue weighted by molar-refractivity contribution is -0.139. The van der Waals surface area contributed by atoms with Crippen molar-refractivity contribution >= 4 is 42.8 Å². The number of carbonyl (C=O) groups is 2. The maximum Gasteiger partial charge on any atom is 0.310 e. The minimum Gasteiger partial charge on any atom is -0.479 e. The topological polar surface area (TPSA) is 82.1 Å². The van der Waals surface area contributed by atoms with Crippen molar-refractivity contribution in [3.63, 3.8) is 0 Å². The number of aliphatic hydroxyl groups excluding tert-OH is 1. The molecule has 9 heteroatoms. The number of aliphatic hydroxyl groups is 1. The van der Waals surface area contributed by atoms with Crippen LogP contribution in [0.15, 0.2) is 6.07 Å². The zero-order valence-corrected chi connectivity index (χ0v) is 13.9. The van der Waals surface area contributed by atoms with Crippen molar-refractivity contribution in [2.24, 2.45) is 0 Å². The van der Waals surface area contributed by atoms with E-state index in [0.29, 0.717) is 11.8 Å². The van der Waals surface area contributed by atoms with Crippen molar-refractivity contribution in [2.75, 3.05) is 14.2 Å². The summed E-state index contributed by atoms with van der Waals surface area (Å²) in [6.07, 6.45) is 0.419. The smallest absolute Gasteiger partial charge is 0.310 e. The van der Waals surface area contributed by atoms with E-state index in [1.807, 2.05) is 18.9 Å². The van der Waals surface area contributed by atoms with Crippen LogP contribution in [0.1, 0.15) is 15.9 Å². The van der Waals surface area contributed by atoms with E-state index >= 15 is 0 Å². The van der Waals surface area contributed by atoms with Gasteiger partial charge < -0.3 is 18.9 Å². The quantitative estimate of drug-likeness (QED) is 0.500. The van der Waals surface area contributed by atoms with Crippen molar-refractivity contribution < 1.29 is 28.5 Å². The summed E-state index contributed by atoms with van der Waals surface area (Å²) in [5.74, 6) is 0.00925. The van der Waals surface area contributed by atoms with Gasteiger partial charge in [-0.1, -0.05) is 11.6 Å². The molecule has 0 saturated heterocycles. The Morgan fingerprint density at radius 2 is 1.90 bits per heavy atom. The van der Waals surface area contributed by atoms with Gasteiger partial charge in [-0.25, -0.2) is 0 Å². The highest BCUT2D eigenvalue weighted by molar-refractivity contribution is 7.10. The third-order valence-corrected chi connectivity index (χ3v) is 3.18. The average Bonchev–Trinajstić information content (AvgIpc) is 2.50. The number of aldehydes is 1. The molecular formula is C11H15ClO6P2. The van der Waals surface area contributed by atoms with Gasteiger partial charge in [-0.3, -0.25) is 9.59 Å². The Morgan fingerprint density at radius 3 is 2.30 bits per heavy atom. The summed E-state index contributed by atoms with van der Waals surface area (Å²) in [5, 5.41) is 7.17. The number of rotatable bonds is 5. The molecule has 0 aliphatic rings. The number of methoxy groups -OCH3 is 1. The van der Waals surface area contributed by atoms with E-state index in [-0.39, 0.29) is 28.5 Å². The highest BCUT2D eigenvalue weighted by Crippen LogP contribution is 2.38. The van der Waals surface area contributed by atoms with Crippen molar-refractivity contribution in [1.29, 1.82) is 0 Å². The maximum atomic E-state index is 11.3. The molecule has 1 aromatic carbocycles. The van der Waals surface area contributed by atoms with Gasteiger partial charge >= 0.3 is 5.97 Å². The van der Waals surface area contributed by atoms with Crippen LogP contribution in [0, 0.1) is 0 Å². The van der Waals surface area contributed by atoms with E-state index in [9.17, 15) is 9.59 Å². The Kier molecular flexibility index (Phi) is 9.43. The molecule has 112 valence electrons.